The van der Waals surface area contributed by atoms with Crippen LogP contribution in [0, 0.1) is 13.8 Å². The predicted octanol–water partition coefficient (Wildman–Crippen LogP) is 2.66. The molecule has 13 heteroatoms. The molecule has 0 aliphatic carbocycles. The molecule has 29 heavy (non-hydrogen) atoms. The van der Waals surface area contributed by atoms with Crippen molar-refractivity contribution in [2.75, 3.05) is 19.4 Å². The Hall–Kier alpha value is -1.96. The minimum absolute atomic E-state index is 0.0464. The number of alkyl halides is 3. The summed E-state index contributed by atoms with van der Waals surface area (Å²) in [5.41, 5.74) is 1.11. The Bertz CT molecular complexity index is 817. The molecule has 1 fully saturated rings. The highest BCUT2D eigenvalue weighted by Crippen LogP contribution is 2.25. The average Bonchev–Trinajstić information content (AvgIpc) is 3.26. The lowest BCUT2D eigenvalue weighted by Crippen LogP contribution is -2.50. The summed E-state index contributed by atoms with van der Waals surface area (Å²) in [7, 11) is -1.11. The number of halogens is 3. The minimum Gasteiger partial charge on any atom is -0.447 e. The molecule has 1 radical (unpaired) electrons. The quantitative estimate of drug-likeness (QED) is 0.495. The van der Waals surface area contributed by atoms with Gasteiger partial charge in [0, 0.05) is 11.0 Å². The third-order valence-corrected chi connectivity index (χ3v) is 7.53. The maximum Gasteiger partial charge on any atom is 0.522 e. The van der Waals surface area contributed by atoms with E-state index in [1.54, 1.807) is 0 Å². The molecule has 1 aliphatic rings. The van der Waals surface area contributed by atoms with Crippen LogP contribution in [0.3, 0.4) is 0 Å². The molecule has 2 N–H and O–H groups in total. The van der Waals surface area contributed by atoms with Crippen LogP contribution in [-0.4, -0.2) is 50.8 Å². The van der Waals surface area contributed by atoms with Crippen LogP contribution in [0.15, 0.2) is 10.5 Å². The van der Waals surface area contributed by atoms with Crippen LogP contribution in [0.25, 0.3) is 0 Å². The number of carbonyl (C=O) groups is 1. The van der Waals surface area contributed by atoms with Gasteiger partial charge >= 0.3 is 12.4 Å². The molecule has 1 amide bonds. The molecule has 1 saturated heterocycles. The molecule has 0 saturated carbocycles. The van der Waals surface area contributed by atoms with Gasteiger partial charge in [0.1, 0.15) is 6.61 Å². The monoisotopic (exact) mass is 449 g/mol. The third kappa shape index (κ3) is 6.26. The van der Waals surface area contributed by atoms with E-state index in [1.165, 1.54) is 11.3 Å². The van der Waals surface area contributed by atoms with Crippen molar-refractivity contribution >= 4 is 26.2 Å². The van der Waals surface area contributed by atoms with Crippen molar-refractivity contribution in [2.24, 2.45) is 0 Å². The number of nitrogens with zero attached hydrogens (tertiary/aromatic N) is 2. The second-order valence-electron chi connectivity index (χ2n) is 6.43. The van der Waals surface area contributed by atoms with Crippen LogP contribution in [0.1, 0.15) is 38.5 Å². The Kier molecular flexibility index (Phi) is 6.92. The van der Waals surface area contributed by atoms with Gasteiger partial charge in [-0.3, -0.25) is 9.53 Å². The molecule has 8 nitrogen and oxygen atoms in total. The van der Waals surface area contributed by atoms with Crippen LogP contribution in [0.5, 0.6) is 6.08 Å². The van der Waals surface area contributed by atoms with Crippen molar-refractivity contribution in [2.45, 2.75) is 38.7 Å². The van der Waals surface area contributed by atoms with Gasteiger partial charge in [-0.25, -0.2) is 0 Å². The SMILES string of the molecule is Cc1cc(C(=O)N[Si]2CC[C@H](c3nnc(OCCOC(F)(F)F)o3)NC2)sc1C. The van der Waals surface area contributed by atoms with E-state index in [9.17, 15) is 18.0 Å². The van der Waals surface area contributed by atoms with Crippen molar-refractivity contribution in [1.29, 1.82) is 0 Å². The molecular weight excluding hydrogens is 429 g/mol. The molecule has 3 rings (SSSR count). The molecule has 159 valence electrons. The smallest absolute Gasteiger partial charge is 0.447 e. The molecule has 1 aliphatic heterocycles. The number of aryl methyl sites for hydroxylation is 2. The topological polar surface area (TPSA) is 98.5 Å². The van der Waals surface area contributed by atoms with Gasteiger partial charge in [-0.05, 0) is 37.9 Å². The maximum atomic E-state index is 12.4. The summed E-state index contributed by atoms with van der Waals surface area (Å²) in [6, 6.07) is 2.52. The molecule has 0 bridgehead atoms. The standard InChI is InChI=1S/C16H20F3N4O4SSi/c1-9-7-12(28-10(9)2)13(24)23-29-6-3-11(20-8-29)14-21-22-15(27-14)25-4-5-26-16(17,18)19/h7,11,20H,3-6,8H2,1-2H3,(H,23,24)/t11-/m1/s1. The summed E-state index contributed by atoms with van der Waals surface area (Å²) in [4.78, 5) is 17.3. The second-order valence-corrected chi connectivity index (χ2v) is 10.00. The number of hydrogen-bond donors (Lipinski definition) is 2. The van der Waals surface area contributed by atoms with E-state index < -0.39 is 21.9 Å². The highest BCUT2D eigenvalue weighted by atomic mass is 32.1. The molecule has 2 aromatic rings. The largest absolute Gasteiger partial charge is 0.522 e. The summed E-state index contributed by atoms with van der Waals surface area (Å²) < 4.78 is 49.6. The van der Waals surface area contributed by atoms with E-state index in [0.717, 1.165) is 16.5 Å². The summed E-state index contributed by atoms with van der Waals surface area (Å²) in [5.74, 6) is 0.253. The van der Waals surface area contributed by atoms with E-state index in [0.29, 0.717) is 23.4 Å². The van der Waals surface area contributed by atoms with Gasteiger partial charge in [-0.2, -0.15) is 0 Å². The molecule has 0 spiro atoms. The summed E-state index contributed by atoms with van der Waals surface area (Å²) in [5, 5.41) is 10.8. The summed E-state index contributed by atoms with van der Waals surface area (Å²) >= 11 is 1.49. The third-order valence-electron chi connectivity index (χ3n) is 4.27. The van der Waals surface area contributed by atoms with Crippen LogP contribution < -0.4 is 15.0 Å². The highest BCUT2D eigenvalue weighted by molar-refractivity contribution is 7.14. The van der Waals surface area contributed by atoms with Crippen molar-refractivity contribution in [1.82, 2.24) is 20.5 Å². The molecule has 0 aromatic carbocycles. The molecule has 0 unspecified atom stereocenters. The first kappa shape index (κ1) is 21.7. The van der Waals surface area contributed by atoms with E-state index in [2.05, 4.69) is 25.2 Å². The first-order chi connectivity index (χ1) is 13.7. The Labute approximate surface area is 170 Å². The fourth-order valence-corrected chi connectivity index (χ4v) is 5.68. The Morgan fingerprint density at radius 3 is 2.83 bits per heavy atom. The number of ether oxygens (including phenoxy) is 2. The first-order valence-corrected chi connectivity index (χ1v) is 11.6. The number of amides is 1. The lowest BCUT2D eigenvalue weighted by molar-refractivity contribution is -0.325. The molecule has 3 heterocycles. The van der Waals surface area contributed by atoms with Crippen LogP contribution in [-0.2, 0) is 4.74 Å². The Morgan fingerprint density at radius 2 is 2.21 bits per heavy atom. The zero-order valence-corrected chi connectivity index (χ0v) is 17.6. The number of rotatable bonds is 7. The lowest BCUT2D eigenvalue weighted by Gasteiger charge is -2.26. The van der Waals surface area contributed by atoms with Crippen molar-refractivity contribution in [3.05, 3.63) is 27.3 Å². The van der Waals surface area contributed by atoms with Gasteiger partial charge in [-0.15, -0.1) is 29.6 Å². The second kappa shape index (κ2) is 9.24. The van der Waals surface area contributed by atoms with Gasteiger partial charge < -0.3 is 19.5 Å². The van der Waals surface area contributed by atoms with Crippen molar-refractivity contribution in [3.8, 4) is 6.08 Å². The van der Waals surface area contributed by atoms with Crippen molar-refractivity contribution < 1.29 is 31.9 Å². The van der Waals surface area contributed by atoms with Crippen LogP contribution >= 0.6 is 11.3 Å². The number of thiophene rings is 1. The zero-order valence-electron chi connectivity index (χ0n) is 15.8. The number of carbonyl (C=O) groups excluding carboxylic acids is 1. The minimum atomic E-state index is -4.70. The fourth-order valence-electron chi connectivity index (χ4n) is 2.69. The van der Waals surface area contributed by atoms with Crippen LogP contribution in [0.2, 0.25) is 6.04 Å². The Morgan fingerprint density at radius 1 is 1.41 bits per heavy atom. The van der Waals surface area contributed by atoms with Gasteiger partial charge in [0.15, 0.2) is 8.96 Å². The van der Waals surface area contributed by atoms with Gasteiger partial charge in [0.2, 0.25) is 5.89 Å². The lowest BCUT2D eigenvalue weighted by atomic mass is 10.2. The molecule has 1 atom stereocenters. The van der Waals surface area contributed by atoms with E-state index in [-0.39, 0.29) is 24.6 Å². The summed E-state index contributed by atoms with van der Waals surface area (Å²) in [6.45, 7) is 2.94. The fraction of sp³-hybridized carbons (Fsp3) is 0.562. The number of aromatic nitrogens is 2. The Balaban J connectivity index is 1.42. The van der Waals surface area contributed by atoms with Gasteiger partial charge in [0.25, 0.3) is 5.91 Å². The maximum absolute atomic E-state index is 12.4. The van der Waals surface area contributed by atoms with E-state index in [1.807, 2.05) is 19.9 Å². The first-order valence-electron chi connectivity index (χ1n) is 8.84. The zero-order chi connectivity index (χ0) is 21.0. The van der Waals surface area contributed by atoms with Crippen LogP contribution in [0.4, 0.5) is 13.2 Å². The van der Waals surface area contributed by atoms with E-state index >= 15 is 0 Å². The normalized spacial score (nSPS) is 18.0. The predicted molar refractivity (Wildman–Crippen MR) is 99.0 cm³/mol. The van der Waals surface area contributed by atoms with Gasteiger partial charge in [0.05, 0.1) is 17.5 Å². The summed E-state index contributed by atoms with van der Waals surface area (Å²) in [6.07, 6.45) is -3.59. The van der Waals surface area contributed by atoms with E-state index in [4.69, 9.17) is 9.15 Å². The van der Waals surface area contributed by atoms with Gasteiger partial charge in [-0.1, -0.05) is 5.10 Å². The number of nitrogens with one attached hydrogen (secondary N) is 2. The molecule has 2 aromatic heterocycles. The van der Waals surface area contributed by atoms with Crippen molar-refractivity contribution in [3.63, 3.8) is 0 Å². The highest BCUT2D eigenvalue weighted by Gasteiger charge is 2.30. The number of hydrogen-bond acceptors (Lipinski definition) is 8. The average molecular weight is 450 g/mol. The molecular formula is C16H20F3N4O4SSi.